The molecule has 0 bridgehead atoms. The molecule has 0 atom stereocenters. The van der Waals surface area contributed by atoms with Crippen molar-refractivity contribution in [3.05, 3.63) is 59.2 Å². The van der Waals surface area contributed by atoms with Crippen molar-refractivity contribution in [2.24, 2.45) is 0 Å². The van der Waals surface area contributed by atoms with Gasteiger partial charge in [0.15, 0.2) is 0 Å². The highest BCUT2D eigenvalue weighted by molar-refractivity contribution is 7.92. The van der Waals surface area contributed by atoms with Gasteiger partial charge >= 0.3 is 0 Å². The van der Waals surface area contributed by atoms with Gasteiger partial charge in [-0.2, -0.15) is 5.26 Å². The summed E-state index contributed by atoms with van der Waals surface area (Å²) in [6, 6.07) is 13.5. The third kappa shape index (κ3) is 4.41. The van der Waals surface area contributed by atoms with Crippen molar-refractivity contribution in [3.8, 4) is 6.07 Å². The molecule has 0 saturated heterocycles. The number of nitriles is 1. The maximum atomic E-state index is 12.7. The molecule has 6 nitrogen and oxygen atoms in total. The number of hydrogen-bond donors (Lipinski definition) is 1. The lowest BCUT2D eigenvalue weighted by molar-refractivity contribution is 0.0797. The first-order chi connectivity index (χ1) is 12.3. The first-order valence-electron chi connectivity index (χ1n) is 8.08. The molecule has 26 heavy (non-hydrogen) atoms. The van der Waals surface area contributed by atoms with E-state index < -0.39 is 10.0 Å². The third-order valence-electron chi connectivity index (χ3n) is 4.04. The molecule has 0 aliphatic carbocycles. The second-order valence-corrected chi connectivity index (χ2v) is 7.71. The number of sulfonamides is 1. The van der Waals surface area contributed by atoms with Gasteiger partial charge in [0.25, 0.3) is 15.9 Å². The summed E-state index contributed by atoms with van der Waals surface area (Å²) in [5, 5.41) is 8.66. The Kier molecular flexibility index (Phi) is 6.01. The highest BCUT2D eigenvalue weighted by Crippen LogP contribution is 2.22. The van der Waals surface area contributed by atoms with Crippen LogP contribution in [0.4, 0.5) is 5.69 Å². The van der Waals surface area contributed by atoms with Gasteiger partial charge in [0, 0.05) is 19.2 Å². The van der Waals surface area contributed by atoms with Crippen LogP contribution in [-0.2, 0) is 10.0 Å². The van der Waals surface area contributed by atoms with E-state index >= 15 is 0 Å². The first kappa shape index (κ1) is 19.5. The van der Waals surface area contributed by atoms with Crippen LogP contribution in [0.3, 0.4) is 0 Å². The van der Waals surface area contributed by atoms with E-state index in [4.69, 9.17) is 5.26 Å². The van der Waals surface area contributed by atoms with Crippen LogP contribution in [0.2, 0.25) is 0 Å². The molecule has 1 N–H and O–H groups in total. The Hall–Kier alpha value is -2.85. The van der Waals surface area contributed by atoms with E-state index in [0.29, 0.717) is 16.8 Å². The van der Waals surface area contributed by atoms with Crippen molar-refractivity contribution in [1.29, 1.82) is 5.26 Å². The van der Waals surface area contributed by atoms with E-state index in [2.05, 4.69) is 4.72 Å². The largest absolute Gasteiger partial charge is 0.341 e. The van der Waals surface area contributed by atoms with Crippen LogP contribution in [-0.4, -0.2) is 32.8 Å². The summed E-state index contributed by atoms with van der Waals surface area (Å²) in [4.78, 5) is 14.0. The number of carbonyl (C=O) groups is 1. The molecule has 0 aromatic heterocycles. The standard InChI is InChI=1S/C19H21N3O3S/c1-14-9-10-16(13-17(14)19(23)22(3)12-6-11-20)26(24,25)21-18-8-5-4-7-15(18)2/h4-5,7-10,13,21H,6,12H2,1-3H3. The highest BCUT2D eigenvalue weighted by Gasteiger charge is 2.20. The van der Waals surface area contributed by atoms with Crippen LogP contribution in [0.15, 0.2) is 47.4 Å². The summed E-state index contributed by atoms with van der Waals surface area (Å²) < 4.78 is 28.0. The van der Waals surface area contributed by atoms with Crippen molar-refractivity contribution >= 4 is 21.6 Å². The first-order valence-corrected chi connectivity index (χ1v) is 9.56. The van der Waals surface area contributed by atoms with Gasteiger partial charge < -0.3 is 4.90 Å². The zero-order valence-electron chi connectivity index (χ0n) is 15.0. The number of amides is 1. The number of carbonyl (C=O) groups excluding carboxylic acids is 1. The van der Waals surface area contributed by atoms with E-state index in [9.17, 15) is 13.2 Å². The molecule has 0 spiro atoms. The third-order valence-corrected chi connectivity index (χ3v) is 5.41. The molecule has 0 radical (unpaired) electrons. The average molecular weight is 371 g/mol. The van der Waals surface area contributed by atoms with Gasteiger partial charge in [-0.1, -0.05) is 24.3 Å². The minimum atomic E-state index is -3.82. The van der Waals surface area contributed by atoms with Gasteiger partial charge in [-0.25, -0.2) is 8.42 Å². The minimum absolute atomic E-state index is 0.0170. The Bertz CT molecular complexity index is 962. The molecule has 2 aromatic rings. The summed E-state index contributed by atoms with van der Waals surface area (Å²) in [7, 11) is -2.24. The molecule has 0 saturated carbocycles. The molecule has 2 aromatic carbocycles. The number of rotatable bonds is 6. The number of para-hydroxylation sites is 1. The van der Waals surface area contributed by atoms with Crippen LogP contribution in [0.1, 0.15) is 27.9 Å². The number of nitrogens with zero attached hydrogens (tertiary/aromatic N) is 2. The van der Waals surface area contributed by atoms with E-state index in [1.807, 2.05) is 25.1 Å². The van der Waals surface area contributed by atoms with Crippen molar-refractivity contribution < 1.29 is 13.2 Å². The van der Waals surface area contributed by atoms with E-state index in [0.717, 1.165) is 5.56 Å². The number of hydrogen-bond acceptors (Lipinski definition) is 4. The smallest absolute Gasteiger partial charge is 0.261 e. The Morgan fingerprint density at radius 1 is 1.15 bits per heavy atom. The Morgan fingerprint density at radius 3 is 2.50 bits per heavy atom. The summed E-state index contributed by atoms with van der Waals surface area (Å²) in [5.41, 5.74) is 2.27. The fraction of sp³-hybridized carbons (Fsp3) is 0.263. The highest BCUT2D eigenvalue weighted by atomic mass is 32.2. The zero-order valence-corrected chi connectivity index (χ0v) is 15.8. The molecular formula is C19H21N3O3S. The molecule has 1 amide bonds. The normalized spacial score (nSPS) is 10.8. The second kappa shape index (κ2) is 8.02. The molecule has 0 unspecified atom stereocenters. The molecule has 0 aliphatic rings. The van der Waals surface area contributed by atoms with Gasteiger partial charge in [0.2, 0.25) is 0 Å². The molecule has 0 heterocycles. The van der Waals surface area contributed by atoms with Crippen molar-refractivity contribution in [3.63, 3.8) is 0 Å². The fourth-order valence-electron chi connectivity index (χ4n) is 2.41. The number of benzene rings is 2. The van der Waals surface area contributed by atoms with Gasteiger partial charge in [-0.05, 0) is 43.2 Å². The monoisotopic (exact) mass is 371 g/mol. The summed E-state index contributed by atoms with van der Waals surface area (Å²) in [6.07, 6.45) is 0.216. The molecule has 136 valence electrons. The van der Waals surface area contributed by atoms with Crippen LogP contribution < -0.4 is 4.72 Å². The molecule has 0 aliphatic heterocycles. The zero-order chi connectivity index (χ0) is 19.3. The Balaban J connectivity index is 2.35. The van der Waals surface area contributed by atoms with Crippen LogP contribution in [0.5, 0.6) is 0 Å². The summed E-state index contributed by atoms with van der Waals surface area (Å²) in [6.45, 7) is 3.84. The van der Waals surface area contributed by atoms with Crippen molar-refractivity contribution in [1.82, 2.24) is 4.90 Å². The van der Waals surface area contributed by atoms with Gasteiger partial charge in [-0.15, -0.1) is 0 Å². The SMILES string of the molecule is Cc1ccccc1NS(=O)(=O)c1ccc(C)c(C(=O)N(C)CCC#N)c1. The lowest BCUT2D eigenvalue weighted by Crippen LogP contribution is -2.28. The fourth-order valence-corrected chi connectivity index (χ4v) is 3.57. The second-order valence-electron chi connectivity index (χ2n) is 6.03. The van der Waals surface area contributed by atoms with Crippen molar-refractivity contribution in [2.45, 2.75) is 25.2 Å². The predicted octanol–water partition coefficient (Wildman–Crippen LogP) is 3.09. The minimum Gasteiger partial charge on any atom is -0.341 e. The van der Waals surface area contributed by atoms with E-state index in [-0.39, 0.29) is 23.8 Å². The van der Waals surface area contributed by atoms with Crippen LogP contribution in [0.25, 0.3) is 0 Å². The molecule has 0 fully saturated rings. The predicted molar refractivity (Wildman–Crippen MR) is 100 cm³/mol. The van der Waals surface area contributed by atoms with Gasteiger partial charge in [0.05, 0.1) is 23.1 Å². The van der Waals surface area contributed by atoms with Gasteiger partial charge in [-0.3, -0.25) is 9.52 Å². The Morgan fingerprint density at radius 2 is 1.85 bits per heavy atom. The van der Waals surface area contributed by atoms with Crippen LogP contribution >= 0.6 is 0 Å². The topological polar surface area (TPSA) is 90.3 Å². The maximum absolute atomic E-state index is 12.7. The molecule has 7 heteroatoms. The molecular weight excluding hydrogens is 350 g/mol. The number of nitrogens with one attached hydrogen (secondary N) is 1. The maximum Gasteiger partial charge on any atom is 0.261 e. The lowest BCUT2D eigenvalue weighted by atomic mass is 10.1. The van der Waals surface area contributed by atoms with E-state index in [1.54, 1.807) is 32.2 Å². The summed E-state index contributed by atoms with van der Waals surface area (Å²) in [5.74, 6) is -0.314. The average Bonchev–Trinajstić information content (AvgIpc) is 2.61. The number of aryl methyl sites for hydroxylation is 2. The quantitative estimate of drug-likeness (QED) is 0.845. The van der Waals surface area contributed by atoms with Crippen molar-refractivity contribution in [2.75, 3.05) is 18.3 Å². The number of anilines is 1. The van der Waals surface area contributed by atoms with Crippen LogP contribution in [0, 0.1) is 25.2 Å². The Labute approximate surface area is 154 Å². The van der Waals surface area contributed by atoms with E-state index in [1.165, 1.54) is 17.0 Å². The summed E-state index contributed by atoms with van der Waals surface area (Å²) >= 11 is 0. The van der Waals surface area contributed by atoms with Gasteiger partial charge in [0.1, 0.15) is 0 Å². The lowest BCUT2D eigenvalue weighted by Gasteiger charge is -2.18. The molecule has 2 rings (SSSR count).